The summed E-state index contributed by atoms with van der Waals surface area (Å²) in [5, 5.41) is 9.54. The van der Waals surface area contributed by atoms with Gasteiger partial charge in [0, 0.05) is 30.1 Å². The van der Waals surface area contributed by atoms with E-state index in [0.717, 1.165) is 22.9 Å². The third kappa shape index (κ3) is 5.31. The van der Waals surface area contributed by atoms with Gasteiger partial charge in [-0.05, 0) is 55.2 Å². The molecule has 0 spiro atoms. The molecule has 6 heteroatoms. The second-order valence-electron chi connectivity index (χ2n) is 7.39. The first-order valence-corrected chi connectivity index (χ1v) is 9.68. The van der Waals surface area contributed by atoms with Crippen LogP contribution in [0.3, 0.4) is 0 Å². The number of nitrogens with zero attached hydrogens (tertiary/aromatic N) is 2. The summed E-state index contributed by atoms with van der Waals surface area (Å²) >= 11 is 0. The Hall–Kier alpha value is -3.41. The van der Waals surface area contributed by atoms with Gasteiger partial charge >= 0.3 is 0 Å². The molecule has 150 valence electrons. The molecular formula is C23H27N5O. The average Bonchev–Trinajstić information content (AvgIpc) is 2.64. The summed E-state index contributed by atoms with van der Waals surface area (Å²) in [6.07, 6.45) is 0. The summed E-state index contributed by atoms with van der Waals surface area (Å²) < 4.78 is 0. The molecule has 3 N–H and O–H groups in total. The Labute approximate surface area is 171 Å². The number of amides is 1. The molecule has 0 fully saturated rings. The van der Waals surface area contributed by atoms with E-state index in [-0.39, 0.29) is 5.91 Å². The fourth-order valence-electron chi connectivity index (χ4n) is 3.15. The molecule has 1 aromatic heterocycles. The first kappa shape index (κ1) is 20.3. The minimum absolute atomic E-state index is 0.0928. The second-order valence-corrected chi connectivity index (χ2v) is 7.39. The van der Waals surface area contributed by atoms with Crippen molar-refractivity contribution in [2.75, 3.05) is 16.0 Å². The molecule has 0 radical (unpaired) electrons. The molecule has 0 aliphatic rings. The number of nitrogens with one attached hydrogen (secondary N) is 3. The lowest BCUT2D eigenvalue weighted by Crippen LogP contribution is -2.06. The van der Waals surface area contributed by atoms with E-state index in [1.165, 1.54) is 18.1 Å². The Bertz CT molecular complexity index is 1010. The Morgan fingerprint density at radius 2 is 1.52 bits per heavy atom. The largest absolute Gasteiger partial charge is 0.340 e. The Morgan fingerprint density at radius 1 is 0.897 bits per heavy atom. The molecule has 0 atom stereocenters. The van der Waals surface area contributed by atoms with Gasteiger partial charge in [-0.1, -0.05) is 32.0 Å². The highest BCUT2D eigenvalue weighted by Gasteiger charge is 2.11. The maximum absolute atomic E-state index is 11.2. The number of aryl methyl sites for hydroxylation is 2. The lowest BCUT2D eigenvalue weighted by molar-refractivity contribution is -0.114. The molecule has 0 saturated heterocycles. The van der Waals surface area contributed by atoms with Crippen molar-refractivity contribution in [2.24, 2.45) is 0 Å². The molecule has 3 rings (SSSR count). The Kier molecular flexibility index (Phi) is 6.12. The average molecular weight is 390 g/mol. The van der Waals surface area contributed by atoms with Gasteiger partial charge in [-0.15, -0.1) is 0 Å². The molecule has 0 aliphatic carbocycles. The molecular weight excluding hydrogens is 362 g/mol. The number of para-hydroxylation sites is 1. The zero-order valence-electron chi connectivity index (χ0n) is 17.5. The van der Waals surface area contributed by atoms with E-state index in [0.29, 0.717) is 17.6 Å². The number of benzene rings is 2. The number of hydrogen-bond acceptors (Lipinski definition) is 5. The number of anilines is 5. The minimum atomic E-state index is -0.0928. The summed E-state index contributed by atoms with van der Waals surface area (Å²) in [4.78, 5) is 20.2. The van der Waals surface area contributed by atoms with Gasteiger partial charge in [0.25, 0.3) is 0 Å². The number of hydrogen-bond donors (Lipinski definition) is 3. The van der Waals surface area contributed by atoms with Gasteiger partial charge in [-0.2, -0.15) is 0 Å². The Balaban J connectivity index is 1.83. The first-order valence-electron chi connectivity index (χ1n) is 9.68. The van der Waals surface area contributed by atoms with Gasteiger partial charge in [0.15, 0.2) is 0 Å². The van der Waals surface area contributed by atoms with Crippen LogP contribution in [-0.4, -0.2) is 15.9 Å². The highest BCUT2D eigenvalue weighted by atomic mass is 16.1. The van der Waals surface area contributed by atoms with E-state index in [9.17, 15) is 4.79 Å². The SMILES string of the molecule is CC(=O)Nc1ccc(Nc2cc(Nc3c(C)cccc3C(C)C)nc(C)n2)cc1. The summed E-state index contributed by atoms with van der Waals surface area (Å²) in [6.45, 7) is 9.82. The van der Waals surface area contributed by atoms with Gasteiger partial charge in [0.1, 0.15) is 17.5 Å². The van der Waals surface area contributed by atoms with E-state index in [4.69, 9.17) is 0 Å². The van der Waals surface area contributed by atoms with E-state index in [1.807, 2.05) is 37.3 Å². The third-order valence-electron chi connectivity index (χ3n) is 4.50. The molecule has 2 aromatic carbocycles. The lowest BCUT2D eigenvalue weighted by atomic mass is 9.98. The maximum Gasteiger partial charge on any atom is 0.221 e. The van der Waals surface area contributed by atoms with Crippen LogP contribution >= 0.6 is 0 Å². The normalized spacial score (nSPS) is 10.7. The van der Waals surface area contributed by atoms with Gasteiger partial charge in [0.2, 0.25) is 5.91 Å². The van der Waals surface area contributed by atoms with Crippen LogP contribution in [0.5, 0.6) is 0 Å². The quantitative estimate of drug-likeness (QED) is 0.507. The van der Waals surface area contributed by atoms with Crippen LogP contribution in [0.4, 0.5) is 28.7 Å². The van der Waals surface area contributed by atoms with Crippen molar-refractivity contribution >= 4 is 34.6 Å². The number of rotatable bonds is 6. The van der Waals surface area contributed by atoms with Crippen LogP contribution in [0.25, 0.3) is 0 Å². The zero-order valence-corrected chi connectivity index (χ0v) is 17.5. The summed E-state index contributed by atoms with van der Waals surface area (Å²) in [5.41, 5.74) is 5.15. The lowest BCUT2D eigenvalue weighted by Gasteiger charge is -2.17. The van der Waals surface area contributed by atoms with Crippen molar-refractivity contribution in [1.29, 1.82) is 0 Å². The smallest absolute Gasteiger partial charge is 0.221 e. The minimum Gasteiger partial charge on any atom is -0.340 e. The highest BCUT2D eigenvalue weighted by Crippen LogP contribution is 2.30. The van der Waals surface area contributed by atoms with E-state index in [1.54, 1.807) is 0 Å². The number of carbonyl (C=O) groups excluding carboxylic acids is 1. The van der Waals surface area contributed by atoms with Crippen LogP contribution in [-0.2, 0) is 4.79 Å². The molecule has 6 nitrogen and oxygen atoms in total. The van der Waals surface area contributed by atoms with Crippen molar-refractivity contribution in [3.8, 4) is 0 Å². The van der Waals surface area contributed by atoms with E-state index >= 15 is 0 Å². The fraction of sp³-hybridized carbons (Fsp3) is 0.261. The van der Waals surface area contributed by atoms with Gasteiger partial charge in [-0.3, -0.25) is 4.79 Å². The summed E-state index contributed by atoms with van der Waals surface area (Å²) in [7, 11) is 0. The van der Waals surface area contributed by atoms with Gasteiger partial charge < -0.3 is 16.0 Å². The molecule has 0 aliphatic heterocycles. The molecule has 29 heavy (non-hydrogen) atoms. The predicted octanol–water partition coefficient (Wildman–Crippen LogP) is 5.66. The van der Waals surface area contributed by atoms with Crippen LogP contribution in [0.2, 0.25) is 0 Å². The van der Waals surface area contributed by atoms with Gasteiger partial charge in [-0.25, -0.2) is 9.97 Å². The third-order valence-corrected chi connectivity index (χ3v) is 4.50. The predicted molar refractivity (Wildman–Crippen MR) is 119 cm³/mol. The molecule has 1 heterocycles. The monoisotopic (exact) mass is 389 g/mol. The van der Waals surface area contributed by atoms with Crippen molar-refractivity contribution in [2.45, 2.75) is 40.5 Å². The van der Waals surface area contributed by atoms with Crippen LogP contribution in [0, 0.1) is 13.8 Å². The zero-order chi connectivity index (χ0) is 21.0. The number of aromatic nitrogens is 2. The molecule has 0 unspecified atom stereocenters. The first-order chi connectivity index (χ1) is 13.8. The Morgan fingerprint density at radius 3 is 2.14 bits per heavy atom. The number of carbonyl (C=O) groups is 1. The molecule has 0 saturated carbocycles. The summed E-state index contributed by atoms with van der Waals surface area (Å²) in [5.74, 6) is 2.43. The second kappa shape index (κ2) is 8.73. The van der Waals surface area contributed by atoms with Crippen LogP contribution in [0.15, 0.2) is 48.5 Å². The van der Waals surface area contributed by atoms with E-state index in [2.05, 4.69) is 64.9 Å². The molecule has 3 aromatic rings. The maximum atomic E-state index is 11.2. The molecule has 1 amide bonds. The van der Waals surface area contributed by atoms with Crippen molar-refractivity contribution in [3.63, 3.8) is 0 Å². The van der Waals surface area contributed by atoms with Gasteiger partial charge in [0.05, 0.1) is 0 Å². The molecule has 0 bridgehead atoms. The standard InChI is InChI=1S/C23H27N5O/c1-14(2)20-8-6-7-15(3)23(20)28-22-13-21(24-16(4)25-22)27-19-11-9-18(10-12-19)26-17(5)29/h6-14H,1-5H3,(H,26,29)(H2,24,25,27,28). The van der Waals surface area contributed by atoms with Crippen LogP contribution in [0.1, 0.15) is 43.6 Å². The van der Waals surface area contributed by atoms with E-state index < -0.39 is 0 Å². The van der Waals surface area contributed by atoms with Crippen molar-refractivity contribution in [3.05, 3.63) is 65.5 Å². The van der Waals surface area contributed by atoms with Crippen molar-refractivity contribution in [1.82, 2.24) is 9.97 Å². The topological polar surface area (TPSA) is 78.9 Å². The highest BCUT2D eigenvalue weighted by molar-refractivity contribution is 5.88. The summed E-state index contributed by atoms with van der Waals surface area (Å²) in [6, 6.07) is 15.7. The van der Waals surface area contributed by atoms with Crippen LogP contribution < -0.4 is 16.0 Å². The fourth-order valence-corrected chi connectivity index (χ4v) is 3.15. The van der Waals surface area contributed by atoms with Crippen molar-refractivity contribution < 1.29 is 4.79 Å².